The van der Waals surface area contributed by atoms with E-state index in [1.165, 1.54) is 161 Å². The van der Waals surface area contributed by atoms with Gasteiger partial charge >= 0.3 is 17.9 Å². The molecule has 0 heterocycles. The second kappa shape index (κ2) is 49.3. The van der Waals surface area contributed by atoms with Gasteiger partial charge in [0.05, 0.1) is 0 Å². The molecule has 0 aromatic heterocycles. The van der Waals surface area contributed by atoms with Crippen molar-refractivity contribution in [2.75, 3.05) is 13.2 Å². The van der Waals surface area contributed by atoms with Gasteiger partial charge in [0.1, 0.15) is 13.2 Å². The minimum atomic E-state index is -0.776. The zero-order valence-corrected chi connectivity index (χ0v) is 40.0. The largest absolute Gasteiger partial charge is 0.462 e. The van der Waals surface area contributed by atoms with Gasteiger partial charge in [0.15, 0.2) is 6.10 Å². The van der Waals surface area contributed by atoms with Crippen LogP contribution in [0.25, 0.3) is 0 Å². The number of esters is 3. The van der Waals surface area contributed by atoms with Crippen LogP contribution < -0.4 is 0 Å². The molecule has 0 aliphatic rings. The quantitative estimate of drug-likeness (QED) is 0.0200. The molecule has 0 saturated carbocycles. The lowest BCUT2D eigenvalue weighted by Crippen LogP contribution is -2.30. The van der Waals surface area contributed by atoms with Crippen molar-refractivity contribution in [3.05, 3.63) is 36.5 Å². The van der Waals surface area contributed by atoms with Crippen LogP contribution >= 0.6 is 0 Å². The third-order valence-corrected chi connectivity index (χ3v) is 11.4. The van der Waals surface area contributed by atoms with Crippen LogP contribution in [0.3, 0.4) is 0 Å². The second-order valence-corrected chi connectivity index (χ2v) is 17.5. The van der Waals surface area contributed by atoms with Gasteiger partial charge in [-0.2, -0.15) is 0 Å². The highest BCUT2D eigenvalue weighted by Gasteiger charge is 2.19. The predicted molar refractivity (Wildman–Crippen MR) is 256 cm³/mol. The van der Waals surface area contributed by atoms with Crippen LogP contribution in [0.5, 0.6) is 0 Å². The summed E-state index contributed by atoms with van der Waals surface area (Å²) in [4.78, 5) is 37.9. The summed E-state index contributed by atoms with van der Waals surface area (Å²) in [6.45, 7) is 6.59. The van der Waals surface area contributed by atoms with Gasteiger partial charge in [-0.3, -0.25) is 14.4 Å². The third-order valence-electron chi connectivity index (χ3n) is 11.4. The van der Waals surface area contributed by atoms with Crippen molar-refractivity contribution in [3.8, 4) is 0 Å². The van der Waals surface area contributed by atoms with Crippen molar-refractivity contribution < 1.29 is 28.6 Å². The minimum absolute atomic E-state index is 0.0765. The van der Waals surface area contributed by atoms with Gasteiger partial charge in [-0.25, -0.2) is 0 Å². The fraction of sp³-hybridized carbons (Fsp3) is 0.833. The molecule has 0 amide bonds. The van der Waals surface area contributed by atoms with E-state index in [2.05, 4.69) is 57.2 Å². The fourth-order valence-corrected chi connectivity index (χ4v) is 7.43. The number of carbonyl (C=O) groups is 3. The van der Waals surface area contributed by atoms with E-state index in [0.717, 1.165) is 70.6 Å². The highest BCUT2D eigenvalue weighted by molar-refractivity contribution is 5.71. The molecule has 1 atom stereocenters. The lowest BCUT2D eigenvalue weighted by molar-refractivity contribution is -0.167. The summed E-state index contributed by atoms with van der Waals surface area (Å²) < 4.78 is 16.8. The monoisotopic (exact) mass is 843 g/mol. The fourth-order valence-electron chi connectivity index (χ4n) is 7.43. The van der Waals surface area contributed by atoms with Gasteiger partial charge in [-0.15, -0.1) is 0 Å². The Hall–Kier alpha value is -2.37. The molecule has 0 rings (SSSR count). The van der Waals surface area contributed by atoms with Crippen molar-refractivity contribution in [2.45, 2.75) is 277 Å². The standard InChI is InChI=1S/C54H98O6/c1-4-7-10-13-16-19-22-24-25-26-27-28-29-31-32-35-38-41-44-47-53(56)59-50-51(49-58-52(55)46-43-40-37-34-21-18-15-12-9-6-3)60-54(57)48-45-42-39-36-33-30-23-20-17-14-11-8-5-2/h16,19,22,24,30,33,51H,4-15,17-18,20-21,23,25-29,31-32,34-50H2,1-3H3/b19-16-,24-22-,33-30-. The van der Waals surface area contributed by atoms with Crippen LogP contribution in [0, 0.1) is 0 Å². The van der Waals surface area contributed by atoms with E-state index in [1.54, 1.807) is 0 Å². The van der Waals surface area contributed by atoms with Crippen LogP contribution in [-0.4, -0.2) is 37.2 Å². The lowest BCUT2D eigenvalue weighted by Gasteiger charge is -2.18. The minimum Gasteiger partial charge on any atom is -0.462 e. The van der Waals surface area contributed by atoms with Crippen molar-refractivity contribution in [1.29, 1.82) is 0 Å². The van der Waals surface area contributed by atoms with Crippen molar-refractivity contribution >= 4 is 17.9 Å². The molecular weight excluding hydrogens is 745 g/mol. The van der Waals surface area contributed by atoms with Gasteiger partial charge in [0.2, 0.25) is 0 Å². The van der Waals surface area contributed by atoms with E-state index in [1.807, 2.05) is 0 Å². The van der Waals surface area contributed by atoms with Crippen LogP contribution in [-0.2, 0) is 28.6 Å². The van der Waals surface area contributed by atoms with Crippen LogP contribution in [0.4, 0.5) is 0 Å². The van der Waals surface area contributed by atoms with E-state index < -0.39 is 6.10 Å². The molecule has 0 saturated heterocycles. The normalized spacial score (nSPS) is 12.2. The molecule has 0 aliphatic carbocycles. The summed E-state index contributed by atoms with van der Waals surface area (Å²) in [6, 6.07) is 0. The number of rotatable bonds is 47. The van der Waals surface area contributed by atoms with E-state index in [-0.39, 0.29) is 31.1 Å². The summed E-state index contributed by atoms with van der Waals surface area (Å²) in [5.74, 6) is -0.889. The molecule has 1 unspecified atom stereocenters. The van der Waals surface area contributed by atoms with Gasteiger partial charge in [0, 0.05) is 19.3 Å². The van der Waals surface area contributed by atoms with Gasteiger partial charge < -0.3 is 14.2 Å². The molecule has 60 heavy (non-hydrogen) atoms. The highest BCUT2D eigenvalue weighted by Crippen LogP contribution is 2.15. The molecule has 0 spiro atoms. The van der Waals surface area contributed by atoms with E-state index >= 15 is 0 Å². The number of allylic oxidation sites excluding steroid dienone is 6. The first kappa shape index (κ1) is 57.6. The molecule has 350 valence electrons. The smallest absolute Gasteiger partial charge is 0.306 e. The van der Waals surface area contributed by atoms with Gasteiger partial charge in [0.25, 0.3) is 0 Å². The molecule has 0 fully saturated rings. The Kier molecular flexibility index (Phi) is 47.3. The Labute approximate surface area is 372 Å². The van der Waals surface area contributed by atoms with Crippen LogP contribution in [0.1, 0.15) is 271 Å². The third kappa shape index (κ3) is 46.7. The van der Waals surface area contributed by atoms with Gasteiger partial charge in [-0.05, 0) is 70.6 Å². The summed E-state index contributed by atoms with van der Waals surface area (Å²) in [5, 5.41) is 0. The number of ether oxygens (including phenoxy) is 3. The zero-order chi connectivity index (χ0) is 43.7. The first-order valence-electron chi connectivity index (χ1n) is 26.0. The summed E-state index contributed by atoms with van der Waals surface area (Å²) in [7, 11) is 0. The van der Waals surface area contributed by atoms with E-state index in [4.69, 9.17) is 14.2 Å². The zero-order valence-electron chi connectivity index (χ0n) is 40.0. The number of unbranched alkanes of at least 4 members (excludes halogenated alkanes) is 31. The van der Waals surface area contributed by atoms with E-state index in [9.17, 15) is 14.4 Å². The Morgan fingerprint density at radius 1 is 0.333 bits per heavy atom. The Morgan fingerprint density at radius 3 is 0.983 bits per heavy atom. The lowest BCUT2D eigenvalue weighted by atomic mass is 10.1. The molecule has 0 aromatic rings. The second-order valence-electron chi connectivity index (χ2n) is 17.5. The average Bonchev–Trinajstić information content (AvgIpc) is 3.24. The maximum Gasteiger partial charge on any atom is 0.306 e. The molecular formula is C54H98O6. The number of hydrogen-bond donors (Lipinski definition) is 0. The van der Waals surface area contributed by atoms with Crippen LogP contribution in [0.2, 0.25) is 0 Å². The molecule has 6 heteroatoms. The Balaban J connectivity index is 4.31. The first-order valence-corrected chi connectivity index (χ1v) is 26.0. The first-order chi connectivity index (χ1) is 29.5. The molecule has 0 aliphatic heterocycles. The Morgan fingerprint density at radius 2 is 0.600 bits per heavy atom. The molecule has 0 N–H and O–H groups in total. The Bertz CT molecular complexity index is 1020. The number of carbonyl (C=O) groups excluding carboxylic acids is 3. The molecule has 6 nitrogen and oxygen atoms in total. The average molecular weight is 843 g/mol. The van der Waals surface area contributed by atoms with Crippen molar-refractivity contribution in [2.24, 2.45) is 0 Å². The van der Waals surface area contributed by atoms with Gasteiger partial charge in [-0.1, -0.05) is 218 Å². The van der Waals surface area contributed by atoms with E-state index in [0.29, 0.717) is 19.3 Å². The SMILES string of the molecule is CCCCC/C=C\C=C/CCCCCCCCCCCCC(=O)OCC(COC(=O)CCCCCCCCCCCC)OC(=O)CCCCC/C=C\CCCCCCCC. The summed E-state index contributed by atoms with van der Waals surface area (Å²) in [5.41, 5.74) is 0. The topological polar surface area (TPSA) is 78.9 Å². The summed E-state index contributed by atoms with van der Waals surface area (Å²) >= 11 is 0. The number of hydrogen-bond acceptors (Lipinski definition) is 6. The molecule has 0 aromatic carbocycles. The van der Waals surface area contributed by atoms with Crippen molar-refractivity contribution in [3.63, 3.8) is 0 Å². The highest BCUT2D eigenvalue weighted by atomic mass is 16.6. The molecule has 0 radical (unpaired) electrons. The van der Waals surface area contributed by atoms with Crippen LogP contribution in [0.15, 0.2) is 36.5 Å². The predicted octanol–water partition coefficient (Wildman–Crippen LogP) is 16.9. The molecule has 0 bridgehead atoms. The maximum absolute atomic E-state index is 12.8. The van der Waals surface area contributed by atoms with Crippen molar-refractivity contribution in [1.82, 2.24) is 0 Å². The maximum atomic E-state index is 12.8. The summed E-state index contributed by atoms with van der Waals surface area (Å²) in [6.07, 6.45) is 57.0.